The lowest BCUT2D eigenvalue weighted by atomic mass is 10.0. The van der Waals surface area contributed by atoms with E-state index in [2.05, 4.69) is 59.4 Å². The molecule has 2 aromatic carbocycles. The summed E-state index contributed by atoms with van der Waals surface area (Å²) in [6.45, 7) is 3.85. The lowest BCUT2D eigenvalue weighted by Gasteiger charge is -2.13. The van der Waals surface area contributed by atoms with Crippen LogP contribution in [0.2, 0.25) is 0 Å². The van der Waals surface area contributed by atoms with Crippen LogP contribution in [0.1, 0.15) is 16.7 Å². The highest BCUT2D eigenvalue weighted by atomic mass is 32.1. The van der Waals surface area contributed by atoms with Gasteiger partial charge in [0.15, 0.2) is 0 Å². The third kappa shape index (κ3) is 2.94. The second kappa shape index (κ2) is 6.29. The van der Waals surface area contributed by atoms with E-state index in [1.54, 1.807) is 18.4 Å². The van der Waals surface area contributed by atoms with Gasteiger partial charge in [-0.2, -0.15) is 11.3 Å². The lowest BCUT2D eigenvalue weighted by molar-refractivity contribution is 0.408. The third-order valence-corrected chi connectivity index (χ3v) is 4.71. The first-order valence-corrected chi connectivity index (χ1v) is 8.01. The Balaban J connectivity index is 1.83. The lowest BCUT2D eigenvalue weighted by Crippen LogP contribution is -2.13. The predicted molar refractivity (Wildman–Crippen MR) is 90.1 cm³/mol. The molecule has 1 heterocycles. The molecule has 108 valence electrons. The van der Waals surface area contributed by atoms with Crippen molar-refractivity contribution < 1.29 is 4.74 Å². The molecular formula is C18H19NOS. The Hall–Kier alpha value is -1.84. The normalized spacial score (nSPS) is 11.0. The van der Waals surface area contributed by atoms with Crippen LogP contribution in [0.5, 0.6) is 5.75 Å². The minimum absolute atomic E-state index is 0.805. The molecule has 0 aliphatic heterocycles. The van der Waals surface area contributed by atoms with Crippen LogP contribution in [0, 0.1) is 6.92 Å². The predicted octanol–water partition coefficient (Wildman–Crippen LogP) is 4.51. The summed E-state index contributed by atoms with van der Waals surface area (Å²) >= 11 is 1.76. The molecule has 0 fully saturated rings. The molecule has 21 heavy (non-hydrogen) atoms. The van der Waals surface area contributed by atoms with E-state index in [-0.39, 0.29) is 0 Å². The van der Waals surface area contributed by atoms with Crippen LogP contribution in [0.15, 0.2) is 47.2 Å². The Morgan fingerprint density at radius 1 is 1.05 bits per heavy atom. The Bertz CT molecular complexity index is 748. The van der Waals surface area contributed by atoms with E-state index in [4.69, 9.17) is 4.74 Å². The van der Waals surface area contributed by atoms with Gasteiger partial charge in [0.25, 0.3) is 0 Å². The number of fused-ring (bicyclic) bond motifs is 1. The molecule has 0 unspecified atom stereocenters. The van der Waals surface area contributed by atoms with E-state index in [1.807, 2.05) is 0 Å². The molecule has 0 aliphatic rings. The quantitative estimate of drug-likeness (QED) is 0.748. The van der Waals surface area contributed by atoms with Gasteiger partial charge in [-0.3, -0.25) is 0 Å². The highest BCUT2D eigenvalue weighted by Crippen LogP contribution is 2.28. The molecule has 0 radical (unpaired) electrons. The molecule has 0 saturated heterocycles. The fourth-order valence-electron chi connectivity index (χ4n) is 2.58. The number of hydrogen-bond donors (Lipinski definition) is 1. The summed E-state index contributed by atoms with van der Waals surface area (Å²) in [5, 5.41) is 10.4. The van der Waals surface area contributed by atoms with E-state index >= 15 is 0 Å². The fourth-order valence-corrected chi connectivity index (χ4v) is 3.44. The van der Waals surface area contributed by atoms with Gasteiger partial charge in [-0.05, 0) is 45.6 Å². The number of aryl methyl sites for hydroxylation is 1. The van der Waals surface area contributed by atoms with E-state index in [0.29, 0.717) is 0 Å². The summed E-state index contributed by atoms with van der Waals surface area (Å²) in [5.74, 6) is 0.947. The molecule has 0 bridgehead atoms. The first kappa shape index (κ1) is 14.1. The standard InChI is InChI=1S/C18H19NOS/c1-13-11-21-12-15(13)9-19-10-17-16-6-4-3-5-14(16)7-8-18(17)20-2/h3-8,11-12,19H,9-10H2,1-2H3. The van der Waals surface area contributed by atoms with Crippen molar-refractivity contribution in [1.82, 2.24) is 5.32 Å². The van der Waals surface area contributed by atoms with Crippen molar-refractivity contribution in [3.8, 4) is 5.75 Å². The van der Waals surface area contributed by atoms with Crippen LogP contribution in [-0.4, -0.2) is 7.11 Å². The van der Waals surface area contributed by atoms with Gasteiger partial charge >= 0.3 is 0 Å². The van der Waals surface area contributed by atoms with Crippen LogP contribution in [0.3, 0.4) is 0 Å². The Kier molecular flexibility index (Phi) is 4.23. The van der Waals surface area contributed by atoms with Crippen molar-refractivity contribution >= 4 is 22.1 Å². The largest absolute Gasteiger partial charge is 0.496 e. The minimum atomic E-state index is 0.805. The molecule has 3 rings (SSSR count). The molecule has 1 N–H and O–H groups in total. The molecule has 2 nitrogen and oxygen atoms in total. The Morgan fingerprint density at radius 3 is 2.67 bits per heavy atom. The molecule has 0 amide bonds. The highest BCUT2D eigenvalue weighted by Gasteiger charge is 2.08. The zero-order valence-corrected chi connectivity index (χ0v) is 13.2. The summed E-state index contributed by atoms with van der Waals surface area (Å²) in [6.07, 6.45) is 0. The van der Waals surface area contributed by atoms with Crippen LogP contribution in [0.4, 0.5) is 0 Å². The molecule has 0 aliphatic carbocycles. The summed E-state index contributed by atoms with van der Waals surface area (Å²) < 4.78 is 5.53. The van der Waals surface area contributed by atoms with Gasteiger partial charge in [-0.15, -0.1) is 0 Å². The summed E-state index contributed by atoms with van der Waals surface area (Å²) in [6, 6.07) is 12.6. The zero-order chi connectivity index (χ0) is 14.7. The van der Waals surface area contributed by atoms with Gasteiger partial charge in [0.1, 0.15) is 5.75 Å². The number of methoxy groups -OCH3 is 1. The molecule has 3 aromatic rings. The topological polar surface area (TPSA) is 21.3 Å². The minimum Gasteiger partial charge on any atom is -0.496 e. The third-order valence-electron chi connectivity index (χ3n) is 3.80. The van der Waals surface area contributed by atoms with E-state index in [0.717, 1.165) is 18.8 Å². The monoisotopic (exact) mass is 297 g/mol. The molecule has 3 heteroatoms. The molecule has 1 aromatic heterocycles. The molecule has 0 saturated carbocycles. The maximum Gasteiger partial charge on any atom is 0.123 e. The van der Waals surface area contributed by atoms with Gasteiger partial charge in [-0.25, -0.2) is 0 Å². The Labute approximate surface area is 129 Å². The van der Waals surface area contributed by atoms with Crippen molar-refractivity contribution in [2.75, 3.05) is 7.11 Å². The van der Waals surface area contributed by atoms with E-state index in [1.165, 1.54) is 27.5 Å². The molecular weight excluding hydrogens is 278 g/mol. The van der Waals surface area contributed by atoms with Crippen molar-refractivity contribution in [3.05, 3.63) is 63.8 Å². The molecule has 0 atom stereocenters. The smallest absolute Gasteiger partial charge is 0.123 e. The summed E-state index contributed by atoms with van der Waals surface area (Å²) in [4.78, 5) is 0. The van der Waals surface area contributed by atoms with Crippen molar-refractivity contribution in [2.45, 2.75) is 20.0 Å². The van der Waals surface area contributed by atoms with Crippen molar-refractivity contribution in [1.29, 1.82) is 0 Å². The summed E-state index contributed by atoms with van der Waals surface area (Å²) in [7, 11) is 1.73. The number of benzene rings is 2. The van der Waals surface area contributed by atoms with Gasteiger partial charge in [0.2, 0.25) is 0 Å². The van der Waals surface area contributed by atoms with Crippen LogP contribution < -0.4 is 10.1 Å². The fraction of sp³-hybridized carbons (Fsp3) is 0.222. The van der Waals surface area contributed by atoms with Crippen LogP contribution in [0.25, 0.3) is 10.8 Å². The van der Waals surface area contributed by atoms with E-state index < -0.39 is 0 Å². The highest BCUT2D eigenvalue weighted by molar-refractivity contribution is 7.08. The van der Waals surface area contributed by atoms with Gasteiger partial charge in [-0.1, -0.05) is 30.3 Å². The van der Waals surface area contributed by atoms with Crippen molar-refractivity contribution in [3.63, 3.8) is 0 Å². The van der Waals surface area contributed by atoms with Crippen LogP contribution >= 0.6 is 11.3 Å². The van der Waals surface area contributed by atoms with Gasteiger partial charge in [0, 0.05) is 18.7 Å². The maximum atomic E-state index is 5.53. The second-order valence-electron chi connectivity index (χ2n) is 5.15. The Morgan fingerprint density at radius 2 is 1.90 bits per heavy atom. The van der Waals surface area contributed by atoms with Crippen molar-refractivity contribution in [2.24, 2.45) is 0 Å². The van der Waals surface area contributed by atoms with Gasteiger partial charge < -0.3 is 10.1 Å². The van der Waals surface area contributed by atoms with Gasteiger partial charge in [0.05, 0.1) is 7.11 Å². The zero-order valence-electron chi connectivity index (χ0n) is 12.3. The number of ether oxygens (including phenoxy) is 1. The second-order valence-corrected chi connectivity index (χ2v) is 5.89. The molecule has 0 spiro atoms. The summed E-state index contributed by atoms with van der Waals surface area (Å²) in [5.41, 5.74) is 3.96. The first-order valence-electron chi connectivity index (χ1n) is 7.06. The SMILES string of the molecule is COc1ccc2ccccc2c1CNCc1cscc1C. The average Bonchev–Trinajstić information content (AvgIpc) is 2.93. The number of nitrogens with one attached hydrogen (secondary N) is 1. The first-order chi connectivity index (χ1) is 10.3. The average molecular weight is 297 g/mol. The van der Waals surface area contributed by atoms with E-state index in [9.17, 15) is 0 Å². The number of rotatable bonds is 5. The van der Waals surface area contributed by atoms with Crippen LogP contribution in [-0.2, 0) is 13.1 Å². The number of hydrogen-bond acceptors (Lipinski definition) is 3. The maximum absolute atomic E-state index is 5.53. The number of thiophene rings is 1.